The number of aromatic nitrogens is 3. The number of benzene rings is 1. The standard InChI is InChI=1S/C17H18N4/c1-11-5-4-6-13(7-11)15-16(20-21(3)17(15)18)14-8-12(2)9-19-10-14/h4-10H,18H2,1-3H3. The molecule has 0 saturated heterocycles. The number of rotatable bonds is 2. The van der Waals surface area contributed by atoms with Crippen molar-refractivity contribution in [2.24, 2.45) is 7.05 Å². The Labute approximate surface area is 124 Å². The molecule has 1 aromatic carbocycles. The van der Waals surface area contributed by atoms with Crippen LogP contribution in [0.25, 0.3) is 22.4 Å². The van der Waals surface area contributed by atoms with Crippen LogP contribution < -0.4 is 5.73 Å². The van der Waals surface area contributed by atoms with E-state index in [0.717, 1.165) is 27.9 Å². The van der Waals surface area contributed by atoms with E-state index in [-0.39, 0.29) is 0 Å². The van der Waals surface area contributed by atoms with Crippen LogP contribution in [0.3, 0.4) is 0 Å². The first-order valence-corrected chi connectivity index (χ1v) is 6.88. The average molecular weight is 278 g/mol. The number of nitrogens with zero attached hydrogens (tertiary/aromatic N) is 3. The van der Waals surface area contributed by atoms with E-state index in [1.807, 2.05) is 32.4 Å². The number of anilines is 1. The number of nitrogens with two attached hydrogens (primary N) is 1. The molecule has 0 radical (unpaired) electrons. The highest BCUT2D eigenvalue weighted by atomic mass is 15.3. The van der Waals surface area contributed by atoms with Crippen molar-refractivity contribution < 1.29 is 0 Å². The lowest BCUT2D eigenvalue weighted by Gasteiger charge is -2.06. The Morgan fingerprint density at radius 3 is 2.48 bits per heavy atom. The van der Waals surface area contributed by atoms with Crippen molar-refractivity contribution in [2.45, 2.75) is 13.8 Å². The molecule has 0 aliphatic heterocycles. The van der Waals surface area contributed by atoms with E-state index < -0.39 is 0 Å². The summed E-state index contributed by atoms with van der Waals surface area (Å²) in [4.78, 5) is 4.26. The molecule has 0 amide bonds. The van der Waals surface area contributed by atoms with Gasteiger partial charge in [0.15, 0.2) is 0 Å². The van der Waals surface area contributed by atoms with Crippen molar-refractivity contribution in [3.8, 4) is 22.4 Å². The number of hydrogen-bond donors (Lipinski definition) is 1. The first kappa shape index (κ1) is 13.4. The number of nitrogen functional groups attached to an aromatic ring is 1. The van der Waals surface area contributed by atoms with Gasteiger partial charge in [-0.1, -0.05) is 29.8 Å². The van der Waals surface area contributed by atoms with Crippen LogP contribution in [-0.4, -0.2) is 14.8 Å². The first-order chi connectivity index (χ1) is 10.1. The second-order valence-electron chi connectivity index (χ2n) is 5.35. The van der Waals surface area contributed by atoms with Crippen LogP contribution in [0.5, 0.6) is 0 Å². The van der Waals surface area contributed by atoms with Gasteiger partial charge in [-0.15, -0.1) is 0 Å². The van der Waals surface area contributed by atoms with Gasteiger partial charge in [0.05, 0.1) is 5.56 Å². The lowest BCUT2D eigenvalue weighted by atomic mass is 10.00. The molecule has 0 fully saturated rings. The molecule has 0 aliphatic carbocycles. The van der Waals surface area contributed by atoms with E-state index in [4.69, 9.17) is 5.73 Å². The fraction of sp³-hybridized carbons (Fsp3) is 0.176. The normalized spacial score (nSPS) is 10.8. The SMILES string of the molecule is Cc1cncc(-c2nn(C)c(N)c2-c2cccc(C)c2)c1. The van der Waals surface area contributed by atoms with Gasteiger partial charge in [-0.3, -0.25) is 9.67 Å². The zero-order valence-corrected chi connectivity index (χ0v) is 12.5. The molecule has 0 aliphatic rings. The molecule has 4 heteroatoms. The summed E-state index contributed by atoms with van der Waals surface area (Å²) < 4.78 is 1.72. The second kappa shape index (κ2) is 5.05. The van der Waals surface area contributed by atoms with Crippen molar-refractivity contribution >= 4 is 5.82 Å². The zero-order chi connectivity index (χ0) is 15.0. The summed E-state index contributed by atoms with van der Waals surface area (Å²) in [6, 6.07) is 10.4. The summed E-state index contributed by atoms with van der Waals surface area (Å²) in [6.45, 7) is 4.10. The predicted octanol–water partition coefficient (Wildman–Crippen LogP) is 3.35. The maximum atomic E-state index is 6.24. The molecule has 4 nitrogen and oxygen atoms in total. The monoisotopic (exact) mass is 278 g/mol. The largest absolute Gasteiger partial charge is 0.383 e. The van der Waals surface area contributed by atoms with Crippen LogP contribution in [-0.2, 0) is 7.05 Å². The van der Waals surface area contributed by atoms with Gasteiger partial charge in [0.1, 0.15) is 11.5 Å². The summed E-state index contributed by atoms with van der Waals surface area (Å²) in [6.07, 6.45) is 3.66. The Morgan fingerprint density at radius 2 is 1.76 bits per heavy atom. The van der Waals surface area contributed by atoms with E-state index >= 15 is 0 Å². The van der Waals surface area contributed by atoms with Crippen molar-refractivity contribution in [1.29, 1.82) is 0 Å². The van der Waals surface area contributed by atoms with Crippen LogP contribution in [0, 0.1) is 13.8 Å². The van der Waals surface area contributed by atoms with Gasteiger partial charge in [0.2, 0.25) is 0 Å². The highest BCUT2D eigenvalue weighted by molar-refractivity contribution is 5.88. The Hall–Kier alpha value is -2.62. The first-order valence-electron chi connectivity index (χ1n) is 6.88. The molecule has 0 atom stereocenters. The third-order valence-corrected chi connectivity index (χ3v) is 3.55. The Morgan fingerprint density at radius 1 is 1.00 bits per heavy atom. The number of hydrogen-bond acceptors (Lipinski definition) is 3. The highest BCUT2D eigenvalue weighted by Gasteiger charge is 2.17. The molecule has 0 spiro atoms. The summed E-state index contributed by atoms with van der Waals surface area (Å²) in [5, 5.41) is 4.58. The van der Waals surface area contributed by atoms with E-state index in [0.29, 0.717) is 5.82 Å². The lowest BCUT2D eigenvalue weighted by Crippen LogP contribution is -1.98. The highest BCUT2D eigenvalue weighted by Crippen LogP contribution is 2.36. The van der Waals surface area contributed by atoms with E-state index in [1.165, 1.54) is 5.56 Å². The summed E-state index contributed by atoms with van der Waals surface area (Å²) in [5.41, 5.74) is 12.4. The predicted molar refractivity (Wildman–Crippen MR) is 85.8 cm³/mol. The summed E-state index contributed by atoms with van der Waals surface area (Å²) >= 11 is 0. The Kier molecular flexibility index (Phi) is 3.22. The van der Waals surface area contributed by atoms with Gasteiger partial charge >= 0.3 is 0 Å². The quantitative estimate of drug-likeness (QED) is 0.782. The summed E-state index contributed by atoms with van der Waals surface area (Å²) in [7, 11) is 1.86. The Balaban J connectivity index is 2.25. The third kappa shape index (κ3) is 2.40. The fourth-order valence-electron chi connectivity index (χ4n) is 2.51. The van der Waals surface area contributed by atoms with E-state index in [1.54, 1.807) is 4.68 Å². The third-order valence-electron chi connectivity index (χ3n) is 3.55. The lowest BCUT2D eigenvalue weighted by molar-refractivity contribution is 0.782. The minimum Gasteiger partial charge on any atom is -0.383 e. The molecule has 0 unspecified atom stereocenters. The molecule has 2 N–H and O–H groups in total. The van der Waals surface area contributed by atoms with Crippen LogP contribution >= 0.6 is 0 Å². The van der Waals surface area contributed by atoms with Crippen LogP contribution in [0.2, 0.25) is 0 Å². The van der Waals surface area contributed by atoms with E-state index in [2.05, 4.69) is 41.3 Å². The molecular weight excluding hydrogens is 260 g/mol. The fourth-order valence-corrected chi connectivity index (χ4v) is 2.51. The van der Waals surface area contributed by atoms with Gasteiger partial charge in [0, 0.05) is 25.0 Å². The van der Waals surface area contributed by atoms with Crippen LogP contribution in [0.4, 0.5) is 5.82 Å². The van der Waals surface area contributed by atoms with Gasteiger partial charge in [-0.05, 0) is 31.0 Å². The Bertz CT molecular complexity index is 802. The molecule has 106 valence electrons. The van der Waals surface area contributed by atoms with Gasteiger partial charge in [-0.2, -0.15) is 5.10 Å². The van der Waals surface area contributed by atoms with Crippen molar-refractivity contribution in [1.82, 2.24) is 14.8 Å². The smallest absolute Gasteiger partial charge is 0.129 e. The maximum absolute atomic E-state index is 6.24. The molecule has 2 aromatic heterocycles. The topological polar surface area (TPSA) is 56.7 Å². The number of pyridine rings is 1. The average Bonchev–Trinajstić information content (AvgIpc) is 2.75. The van der Waals surface area contributed by atoms with E-state index in [9.17, 15) is 0 Å². The van der Waals surface area contributed by atoms with Crippen LogP contribution in [0.15, 0.2) is 42.7 Å². The molecule has 0 bridgehead atoms. The van der Waals surface area contributed by atoms with Crippen molar-refractivity contribution in [3.63, 3.8) is 0 Å². The van der Waals surface area contributed by atoms with Crippen LogP contribution in [0.1, 0.15) is 11.1 Å². The molecule has 3 rings (SSSR count). The molecule has 0 saturated carbocycles. The van der Waals surface area contributed by atoms with Gasteiger partial charge in [-0.25, -0.2) is 0 Å². The van der Waals surface area contributed by atoms with Gasteiger partial charge in [0.25, 0.3) is 0 Å². The minimum atomic E-state index is 0.664. The van der Waals surface area contributed by atoms with Crippen molar-refractivity contribution in [3.05, 3.63) is 53.9 Å². The van der Waals surface area contributed by atoms with Gasteiger partial charge < -0.3 is 5.73 Å². The molecule has 3 aromatic rings. The molecular formula is C17H18N4. The minimum absolute atomic E-state index is 0.664. The zero-order valence-electron chi connectivity index (χ0n) is 12.5. The molecule has 2 heterocycles. The second-order valence-corrected chi connectivity index (χ2v) is 5.35. The van der Waals surface area contributed by atoms with Crippen molar-refractivity contribution in [2.75, 3.05) is 5.73 Å². The molecule has 21 heavy (non-hydrogen) atoms. The number of aryl methyl sites for hydroxylation is 3. The maximum Gasteiger partial charge on any atom is 0.129 e. The summed E-state index contributed by atoms with van der Waals surface area (Å²) in [5.74, 6) is 0.664.